The molecule has 5 heteroatoms. The maximum absolute atomic E-state index is 13.9. The first kappa shape index (κ1) is 14.9. The molecule has 1 unspecified atom stereocenters. The van der Waals surface area contributed by atoms with E-state index >= 15 is 0 Å². The molecule has 0 bridgehead atoms. The molecule has 4 N–H and O–H groups in total. The van der Waals surface area contributed by atoms with Crippen molar-refractivity contribution >= 4 is 5.91 Å². The number of likely N-dealkylation sites (tertiary alicyclic amines) is 1. The van der Waals surface area contributed by atoms with Crippen LogP contribution in [0.5, 0.6) is 0 Å². The van der Waals surface area contributed by atoms with Crippen molar-refractivity contribution in [2.45, 2.75) is 38.3 Å². The van der Waals surface area contributed by atoms with Crippen LogP contribution < -0.4 is 11.5 Å². The minimum Gasteiger partial charge on any atom is -0.366 e. The van der Waals surface area contributed by atoms with Crippen LogP contribution in [0, 0.1) is 5.82 Å². The van der Waals surface area contributed by atoms with Crippen molar-refractivity contribution in [1.29, 1.82) is 0 Å². The molecule has 0 saturated carbocycles. The first-order valence-electron chi connectivity index (χ1n) is 7.14. The monoisotopic (exact) mass is 279 g/mol. The lowest BCUT2D eigenvalue weighted by molar-refractivity contribution is 0.0999. The number of hydrogen-bond donors (Lipinski definition) is 2. The highest BCUT2D eigenvalue weighted by molar-refractivity contribution is 5.92. The molecule has 1 saturated heterocycles. The maximum atomic E-state index is 13.9. The van der Waals surface area contributed by atoms with Crippen LogP contribution in [0.3, 0.4) is 0 Å². The van der Waals surface area contributed by atoms with Gasteiger partial charge in [0.25, 0.3) is 0 Å². The van der Waals surface area contributed by atoms with Crippen molar-refractivity contribution in [2.75, 3.05) is 13.1 Å². The van der Waals surface area contributed by atoms with Gasteiger partial charge in [-0.1, -0.05) is 6.42 Å². The molecular formula is C15H22FN3O. The fourth-order valence-electron chi connectivity index (χ4n) is 2.86. The average molecular weight is 279 g/mol. The fraction of sp³-hybridized carbons (Fsp3) is 0.533. The number of carbonyl (C=O) groups is 1. The highest BCUT2D eigenvalue weighted by Gasteiger charge is 2.22. The van der Waals surface area contributed by atoms with Gasteiger partial charge in [-0.25, -0.2) is 4.39 Å². The van der Waals surface area contributed by atoms with Crippen LogP contribution in [0.2, 0.25) is 0 Å². The summed E-state index contributed by atoms with van der Waals surface area (Å²) in [6, 6.07) is 4.71. The van der Waals surface area contributed by atoms with E-state index in [1.165, 1.54) is 18.6 Å². The fourth-order valence-corrected chi connectivity index (χ4v) is 2.86. The Kier molecular flexibility index (Phi) is 5.09. The molecule has 4 nitrogen and oxygen atoms in total. The van der Waals surface area contributed by atoms with E-state index < -0.39 is 5.91 Å². The van der Waals surface area contributed by atoms with Crippen molar-refractivity contribution < 1.29 is 9.18 Å². The Morgan fingerprint density at radius 1 is 1.40 bits per heavy atom. The van der Waals surface area contributed by atoms with Gasteiger partial charge in [-0.05, 0) is 50.6 Å². The summed E-state index contributed by atoms with van der Waals surface area (Å²) in [6.45, 7) is 2.10. The zero-order chi connectivity index (χ0) is 14.5. The molecule has 1 aromatic carbocycles. The molecule has 1 aliphatic rings. The molecule has 1 atom stereocenters. The first-order valence-corrected chi connectivity index (χ1v) is 7.14. The third kappa shape index (κ3) is 3.55. The number of halogens is 1. The lowest BCUT2D eigenvalue weighted by Gasteiger charge is -2.35. The van der Waals surface area contributed by atoms with Gasteiger partial charge in [0.1, 0.15) is 5.82 Å². The Bertz CT molecular complexity index is 476. The molecule has 110 valence electrons. The summed E-state index contributed by atoms with van der Waals surface area (Å²) in [6.07, 6.45) is 4.36. The highest BCUT2D eigenvalue weighted by atomic mass is 19.1. The number of amides is 1. The minimum atomic E-state index is -0.525. The number of nitrogens with two attached hydrogens (primary N) is 2. The molecule has 0 aliphatic carbocycles. The van der Waals surface area contributed by atoms with Crippen molar-refractivity contribution in [3.63, 3.8) is 0 Å². The van der Waals surface area contributed by atoms with E-state index in [9.17, 15) is 9.18 Å². The maximum Gasteiger partial charge on any atom is 0.248 e. The molecule has 0 spiro atoms. The second-order valence-corrected chi connectivity index (χ2v) is 5.37. The smallest absolute Gasteiger partial charge is 0.248 e. The third-order valence-corrected chi connectivity index (χ3v) is 3.95. The topological polar surface area (TPSA) is 72.3 Å². The number of carbonyl (C=O) groups excluding carboxylic acids is 1. The molecule has 0 radical (unpaired) electrons. The summed E-state index contributed by atoms with van der Waals surface area (Å²) in [7, 11) is 0. The van der Waals surface area contributed by atoms with Gasteiger partial charge >= 0.3 is 0 Å². The van der Waals surface area contributed by atoms with Crippen LogP contribution >= 0.6 is 0 Å². The quantitative estimate of drug-likeness (QED) is 0.860. The summed E-state index contributed by atoms with van der Waals surface area (Å²) < 4.78 is 13.9. The number of nitrogens with zero attached hydrogens (tertiary/aromatic N) is 1. The van der Waals surface area contributed by atoms with E-state index in [0.717, 1.165) is 25.8 Å². The Balaban J connectivity index is 2.14. The van der Waals surface area contributed by atoms with Gasteiger partial charge < -0.3 is 11.5 Å². The van der Waals surface area contributed by atoms with Crippen molar-refractivity contribution in [1.82, 2.24) is 4.90 Å². The van der Waals surface area contributed by atoms with Gasteiger partial charge in [-0.3, -0.25) is 9.69 Å². The van der Waals surface area contributed by atoms with E-state index in [1.54, 1.807) is 6.07 Å². The first-order chi connectivity index (χ1) is 9.61. The number of piperidine rings is 1. The standard InChI is InChI=1S/C15H22FN3O/c16-14-5-4-11(15(18)20)9-12(14)10-19-8-2-1-3-13(19)6-7-17/h4-5,9,13H,1-3,6-8,10,17H2,(H2,18,20). The molecular weight excluding hydrogens is 257 g/mol. The summed E-state index contributed by atoms with van der Waals surface area (Å²) in [5.41, 5.74) is 11.8. The van der Waals surface area contributed by atoms with E-state index in [4.69, 9.17) is 11.5 Å². The van der Waals surface area contributed by atoms with Crippen LogP contribution in [0.4, 0.5) is 4.39 Å². The zero-order valence-corrected chi connectivity index (χ0v) is 11.6. The van der Waals surface area contributed by atoms with Crippen molar-refractivity contribution in [3.8, 4) is 0 Å². The van der Waals surface area contributed by atoms with Gasteiger partial charge in [-0.2, -0.15) is 0 Å². The van der Waals surface area contributed by atoms with Crippen molar-refractivity contribution in [3.05, 3.63) is 35.1 Å². The largest absolute Gasteiger partial charge is 0.366 e. The zero-order valence-electron chi connectivity index (χ0n) is 11.6. The summed E-state index contributed by atoms with van der Waals surface area (Å²) in [5, 5.41) is 0. The van der Waals surface area contributed by atoms with Crippen LogP contribution in [0.15, 0.2) is 18.2 Å². The second-order valence-electron chi connectivity index (χ2n) is 5.37. The Labute approximate surface area is 118 Å². The van der Waals surface area contributed by atoms with Gasteiger partial charge in [0.05, 0.1) is 0 Å². The third-order valence-electron chi connectivity index (χ3n) is 3.95. The van der Waals surface area contributed by atoms with Crippen molar-refractivity contribution in [2.24, 2.45) is 11.5 Å². The second kappa shape index (κ2) is 6.81. The van der Waals surface area contributed by atoms with E-state index in [-0.39, 0.29) is 5.82 Å². The van der Waals surface area contributed by atoms with Gasteiger partial charge in [0.2, 0.25) is 5.91 Å². The minimum absolute atomic E-state index is 0.285. The predicted molar refractivity (Wildman–Crippen MR) is 76.6 cm³/mol. The Hall–Kier alpha value is -1.46. The lowest BCUT2D eigenvalue weighted by Crippen LogP contribution is -2.40. The highest BCUT2D eigenvalue weighted by Crippen LogP contribution is 2.23. The lowest BCUT2D eigenvalue weighted by atomic mass is 9.98. The molecule has 1 amide bonds. The average Bonchev–Trinajstić information content (AvgIpc) is 2.43. The van der Waals surface area contributed by atoms with Gasteiger partial charge in [0, 0.05) is 23.7 Å². The Morgan fingerprint density at radius 3 is 2.90 bits per heavy atom. The summed E-state index contributed by atoms with van der Waals surface area (Å²) in [4.78, 5) is 13.5. The molecule has 2 rings (SSSR count). The molecule has 0 aromatic heterocycles. The van der Waals surface area contributed by atoms with Crippen LogP contribution in [-0.2, 0) is 6.54 Å². The molecule has 20 heavy (non-hydrogen) atoms. The summed E-state index contributed by atoms with van der Waals surface area (Å²) in [5.74, 6) is -0.810. The number of benzene rings is 1. The molecule has 1 aromatic rings. The summed E-state index contributed by atoms with van der Waals surface area (Å²) >= 11 is 0. The Morgan fingerprint density at radius 2 is 2.20 bits per heavy atom. The van der Waals surface area contributed by atoms with Gasteiger partial charge in [0.15, 0.2) is 0 Å². The molecule has 1 aliphatic heterocycles. The number of hydrogen-bond acceptors (Lipinski definition) is 3. The van der Waals surface area contributed by atoms with Crippen LogP contribution in [0.1, 0.15) is 41.6 Å². The predicted octanol–water partition coefficient (Wildman–Crippen LogP) is 1.63. The SMILES string of the molecule is NCCC1CCCCN1Cc1cc(C(N)=O)ccc1F. The van der Waals surface area contributed by atoms with Crippen LogP contribution in [-0.4, -0.2) is 29.9 Å². The van der Waals surface area contributed by atoms with E-state index in [0.29, 0.717) is 30.3 Å². The number of rotatable bonds is 5. The number of primary amides is 1. The molecule has 1 fully saturated rings. The molecule has 1 heterocycles. The van der Waals surface area contributed by atoms with E-state index in [2.05, 4.69) is 4.90 Å². The van der Waals surface area contributed by atoms with Crippen LogP contribution in [0.25, 0.3) is 0 Å². The normalized spacial score (nSPS) is 20.0. The van der Waals surface area contributed by atoms with E-state index in [1.807, 2.05) is 0 Å². The van der Waals surface area contributed by atoms with Gasteiger partial charge in [-0.15, -0.1) is 0 Å².